The highest BCUT2D eigenvalue weighted by atomic mass is 14.8. The van der Waals surface area contributed by atoms with Crippen molar-refractivity contribution in [3.8, 4) is 0 Å². The largest absolute Gasteiger partial charge is 0.261 e. The lowest BCUT2D eigenvalue weighted by molar-refractivity contribution is 0.425. The van der Waals surface area contributed by atoms with E-state index in [0.29, 0.717) is 0 Å². The van der Waals surface area contributed by atoms with Gasteiger partial charge in [-0.1, -0.05) is 46.1 Å². The second-order valence-electron chi connectivity index (χ2n) is 3.54. The van der Waals surface area contributed by atoms with Gasteiger partial charge in [0.05, 0.1) is 0 Å². The van der Waals surface area contributed by atoms with Crippen LogP contribution in [0.15, 0.2) is 42.1 Å². The lowest BCUT2D eigenvalue weighted by Crippen LogP contribution is -2.11. The van der Waals surface area contributed by atoms with Crippen LogP contribution in [0.5, 0.6) is 0 Å². The topological polar surface area (TPSA) is 12.4 Å². The van der Waals surface area contributed by atoms with E-state index in [2.05, 4.69) is 38.9 Å². The van der Waals surface area contributed by atoms with Gasteiger partial charge in [0.15, 0.2) is 0 Å². The minimum Gasteiger partial charge on any atom is -0.261 e. The lowest BCUT2D eigenvalue weighted by Gasteiger charge is -2.22. The highest BCUT2D eigenvalue weighted by Gasteiger charge is 2.19. The first-order valence-electron chi connectivity index (χ1n) is 4.56. The molecule has 0 aliphatic carbocycles. The number of hydrogen-bond acceptors (Lipinski definition) is 1. The summed E-state index contributed by atoms with van der Waals surface area (Å²) in [7, 11) is 0. The van der Waals surface area contributed by atoms with E-state index in [0.717, 1.165) is 12.1 Å². The van der Waals surface area contributed by atoms with Crippen molar-refractivity contribution in [1.82, 2.24) is 0 Å². The third kappa shape index (κ3) is 3.88. The normalized spacial score (nSPS) is 13.3. The minimum atomic E-state index is 0.105. The summed E-state index contributed by atoms with van der Waals surface area (Å²) in [6.07, 6.45) is 8.17. The van der Waals surface area contributed by atoms with Crippen LogP contribution in [0.4, 0.5) is 0 Å². The molecule has 0 amide bonds. The van der Waals surface area contributed by atoms with E-state index < -0.39 is 0 Å². The van der Waals surface area contributed by atoms with Gasteiger partial charge in [0.2, 0.25) is 0 Å². The van der Waals surface area contributed by atoms with Gasteiger partial charge >= 0.3 is 0 Å². The van der Waals surface area contributed by atoms with Gasteiger partial charge in [-0.05, 0) is 12.5 Å². The van der Waals surface area contributed by atoms with E-state index >= 15 is 0 Å². The van der Waals surface area contributed by atoms with Gasteiger partial charge in [0, 0.05) is 17.3 Å². The number of rotatable bonds is 5. The molecule has 0 unspecified atom stereocenters. The molecule has 0 aromatic carbocycles. The zero-order valence-electron chi connectivity index (χ0n) is 8.88. The molecule has 0 rings (SSSR count). The van der Waals surface area contributed by atoms with Crippen LogP contribution in [0.25, 0.3) is 0 Å². The van der Waals surface area contributed by atoms with E-state index in [1.54, 1.807) is 18.4 Å². The molecule has 0 N–H and O–H groups in total. The van der Waals surface area contributed by atoms with Crippen molar-refractivity contribution in [3.63, 3.8) is 0 Å². The van der Waals surface area contributed by atoms with E-state index in [1.807, 2.05) is 6.08 Å². The number of hydrogen-bond donors (Lipinski definition) is 0. The van der Waals surface area contributed by atoms with E-state index in [4.69, 9.17) is 0 Å². The molecule has 0 aromatic rings. The first kappa shape index (κ1) is 11.9. The number of nitrogens with zero attached hydrogens (tertiary/aromatic N) is 1. The Hall–Kier alpha value is -1.11. The van der Waals surface area contributed by atoms with E-state index in [9.17, 15) is 0 Å². The van der Waals surface area contributed by atoms with E-state index in [-0.39, 0.29) is 5.41 Å². The molecule has 0 radical (unpaired) electrons. The van der Waals surface area contributed by atoms with Gasteiger partial charge in [-0.15, -0.1) is 0 Å². The molecule has 1 heteroatoms. The summed E-state index contributed by atoms with van der Waals surface area (Å²) < 4.78 is 0. The molecule has 1 nitrogen and oxygen atoms in total. The molecule has 0 atom stereocenters. The molecule has 0 spiro atoms. The van der Waals surface area contributed by atoms with Crippen molar-refractivity contribution < 1.29 is 0 Å². The maximum absolute atomic E-state index is 4.32. The summed E-state index contributed by atoms with van der Waals surface area (Å²) in [5.74, 6) is 0. The fourth-order valence-corrected chi connectivity index (χ4v) is 0.869. The third-order valence-electron chi connectivity index (χ3n) is 2.17. The summed E-state index contributed by atoms with van der Waals surface area (Å²) in [5, 5.41) is 0. The standard InChI is InChI=1S/C12H19N/c1-6-9-11(13-10-7-2)12(4,5)8-3/h6-7,9-10H,1-2,8H2,3-5H3/b11-9-,13-10?. The molecule has 0 aromatic heterocycles. The first-order valence-corrected chi connectivity index (χ1v) is 4.56. The van der Waals surface area contributed by atoms with Crippen molar-refractivity contribution in [2.45, 2.75) is 27.2 Å². The Balaban J connectivity index is 4.81. The maximum Gasteiger partial charge on any atom is 0.0459 e. The van der Waals surface area contributed by atoms with Gasteiger partial charge in [-0.2, -0.15) is 0 Å². The highest BCUT2D eigenvalue weighted by molar-refractivity contribution is 5.71. The van der Waals surface area contributed by atoms with Crippen LogP contribution in [0, 0.1) is 5.41 Å². The number of allylic oxidation sites excluding steroid dienone is 4. The van der Waals surface area contributed by atoms with E-state index in [1.165, 1.54) is 0 Å². The lowest BCUT2D eigenvalue weighted by atomic mass is 9.86. The fraction of sp³-hybridized carbons (Fsp3) is 0.417. The van der Waals surface area contributed by atoms with Gasteiger partial charge < -0.3 is 0 Å². The van der Waals surface area contributed by atoms with Crippen LogP contribution in [-0.4, -0.2) is 6.21 Å². The zero-order valence-corrected chi connectivity index (χ0v) is 8.88. The quantitative estimate of drug-likeness (QED) is 0.448. The Bertz CT molecular complexity index is 232. The predicted octanol–water partition coefficient (Wildman–Crippen LogP) is 3.75. The molecular formula is C12H19N. The highest BCUT2D eigenvalue weighted by Crippen LogP contribution is 2.30. The molecule has 72 valence electrons. The van der Waals surface area contributed by atoms with Gasteiger partial charge in [-0.3, -0.25) is 4.99 Å². The molecule has 0 bridgehead atoms. The van der Waals surface area contributed by atoms with Crippen molar-refractivity contribution in [2.75, 3.05) is 0 Å². The summed E-state index contributed by atoms with van der Waals surface area (Å²) in [6.45, 7) is 13.8. The van der Waals surface area contributed by atoms with Crippen molar-refractivity contribution in [2.24, 2.45) is 10.4 Å². The summed E-state index contributed by atoms with van der Waals surface area (Å²) >= 11 is 0. The number of aliphatic imine (C=N–C) groups is 1. The minimum absolute atomic E-state index is 0.105. The third-order valence-corrected chi connectivity index (χ3v) is 2.17. The molecule has 0 heterocycles. The van der Waals surface area contributed by atoms with Crippen molar-refractivity contribution >= 4 is 6.21 Å². The maximum atomic E-state index is 4.32. The SMILES string of the molecule is C=CC=N/C(=C\C=C)C(C)(C)CC. The Kier molecular flexibility index (Phi) is 5.05. The second-order valence-corrected chi connectivity index (χ2v) is 3.54. The molecule has 0 aliphatic rings. The summed E-state index contributed by atoms with van der Waals surface area (Å²) in [4.78, 5) is 4.32. The van der Waals surface area contributed by atoms with Crippen LogP contribution >= 0.6 is 0 Å². The second kappa shape index (κ2) is 5.52. The average Bonchev–Trinajstić information content (AvgIpc) is 2.12. The smallest absolute Gasteiger partial charge is 0.0459 e. The molecular weight excluding hydrogens is 158 g/mol. The van der Waals surface area contributed by atoms with Gasteiger partial charge in [-0.25, -0.2) is 0 Å². The van der Waals surface area contributed by atoms with Crippen molar-refractivity contribution in [3.05, 3.63) is 37.1 Å². The van der Waals surface area contributed by atoms with Crippen LogP contribution in [-0.2, 0) is 0 Å². The average molecular weight is 177 g/mol. The summed E-state index contributed by atoms with van der Waals surface area (Å²) in [6, 6.07) is 0. The fourth-order valence-electron chi connectivity index (χ4n) is 0.869. The Morgan fingerprint density at radius 1 is 1.31 bits per heavy atom. The Morgan fingerprint density at radius 2 is 1.92 bits per heavy atom. The van der Waals surface area contributed by atoms with Crippen LogP contribution in [0.2, 0.25) is 0 Å². The van der Waals surface area contributed by atoms with Crippen LogP contribution in [0.3, 0.4) is 0 Å². The molecule has 0 aliphatic heterocycles. The Morgan fingerprint density at radius 3 is 2.31 bits per heavy atom. The van der Waals surface area contributed by atoms with Crippen LogP contribution in [0.1, 0.15) is 27.2 Å². The predicted molar refractivity (Wildman–Crippen MR) is 61.0 cm³/mol. The molecule has 13 heavy (non-hydrogen) atoms. The molecule has 0 fully saturated rings. The molecule has 0 saturated carbocycles. The molecule has 0 saturated heterocycles. The first-order chi connectivity index (χ1) is 6.08. The van der Waals surface area contributed by atoms with Gasteiger partial charge in [0.1, 0.15) is 0 Å². The summed E-state index contributed by atoms with van der Waals surface area (Å²) in [5.41, 5.74) is 1.15. The Labute approximate surface area is 81.6 Å². The van der Waals surface area contributed by atoms with Crippen molar-refractivity contribution in [1.29, 1.82) is 0 Å². The monoisotopic (exact) mass is 177 g/mol. The zero-order chi connectivity index (χ0) is 10.3. The van der Waals surface area contributed by atoms with Gasteiger partial charge in [0.25, 0.3) is 0 Å². The van der Waals surface area contributed by atoms with Crippen LogP contribution < -0.4 is 0 Å².